The largest absolute Gasteiger partial charge is 0.308 e. The summed E-state index contributed by atoms with van der Waals surface area (Å²) in [6.07, 6.45) is 0. The van der Waals surface area contributed by atoms with Crippen molar-refractivity contribution in [2.45, 2.75) is 11.5 Å². The average Bonchev–Trinajstić information content (AvgIpc) is 2.88. The van der Waals surface area contributed by atoms with Crippen molar-refractivity contribution in [2.24, 2.45) is 5.84 Å². The summed E-state index contributed by atoms with van der Waals surface area (Å²) < 4.78 is 0.938. The fourth-order valence-corrected chi connectivity index (χ4v) is 3.56. The van der Waals surface area contributed by atoms with Gasteiger partial charge in [0.25, 0.3) is 0 Å². The minimum absolute atomic E-state index is 0.598. The molecule has 1 aromatic heterocycles. The molecule has 1 aromatic carbocycles. The van der Waals surface area contributed by atoms with E-state index in [0.717, 1.165) is 32.8 Å². The Balaban J connectivity index is 2.18. The van der Waals surface area contributed by atoms with Crippen LogP contribution in [0.4, 0.5) is 5.82 Å². The minimum atomic E-state index is 0.598. The number of aromatic nitrogens is 2. The first kappa shape index (κ1) is 13.2. The molecule has 2 aromatic rings. The Morgan fingerprint density at radius 3 is 2.95 bits per heavy atom. The standard InChI is InChI=1S/C12H10BrClN4S/c13-6-1-2-9(14)7(3-6)11-16-10-5-19-4-8(10)12(17-11)18-15/h1-3H,4-5,15H2,(H,16,17,18). The van der Waals surface area contributed by atoms with Gasteiger partial charge in [-0.3, -0.25) is 0 Å². The van der Waals surface area contributed by atoms with Crippen molar-refractivity contribution in [3.8, 4) is 11.4 Å². The first-order valence-corrected chi connectivity index (χ1v) is 7.91. The maximum Gasteiger partial charge on any atom is 0.163 e. The fourth-order valence-electron chi connectivity index (χ4n) is 1.96. The molecule has 3 N–H and O–H groups in total. The third kappa shape index (κ3) is 2.45. The van der Waals surface area contributed by atoms with Crippen molar-refractivity contribution in [1.29, 1.82) is 0 Å². The second-order valence-corrected chi connectivity index (χ2v) is 6.39. The van der Waals surface area contributed by atoms with Gasteiger partial charge in [0.15, 0.2) is 5.82 Å². The second-order valence-electron chi connectivity index (χ2n) is 4.08. The van der Waals surface area contributed by atoms with Gasteiger partial charge in [0.1, 0.15) is 5.82 Å². The average molecular weight is 358 g/mol. The number of rotatable bonds is 2. The molecule has 3 rings (SSSR count). The Kier molecular flexibility index (Phi) is 3.66. The molecule has 0 saturated heterocycles. The molecule has 0 atom stereocenters. The number of anilines is 1. The highest BCUT2D eigenvalue weighted by atomic mass is 79.9. The van der Waals surface area contributed by atoms with Crippen molar-refractivity contribution in [3.05, 3.63) is 39.0 Å². The molecule has 0 aliphatic carbocycles. The highest BCUT2D eigenvalue weighted by molar-refractivity contribution is 9.10. The molecular weight excluding hydrogens is 348 g/mol. The number of nitrogen functional groups attached to an aromatic ring is 1. The first-order valence-electron chi connectivity index (χ1n) is 5.58. The number of halogens is 2. The van der Waals surface area contributed by atoms with Gasteiger partial charge >= 0.3 is 0 Å². The Bertz CT molecular complexity index is 650. The number of hydrogen-bond acceptors (Lipinski definition) is 5. The van der Waals surface area contributed by atoms with Gasteiger partial charge < -0.3 is 5.43 Å². The van der Waals surface area contributed by atoms with Gasteiger partial charge in [-0.2, -0.15) is 11.8 Å². The van der Waals surface area contributed by atoms with Gasteiger partial charge in [0, 0.05) is 27.1 Å². The van der Waals surface area contributed by atoms with E-state index in [4.69, 9.17) is 17.4 Å². The third-order valence-electron chi connectivity index (χ3n) is 2.88. The van der Waals surface area contributed by atoms with Gasteiger partial charge in [0.2, 0.25) is 0 Å². The van der Waals surface area contributed by atoms with Crippen LogP contribution in [0, 0.1) is 0 Å². The van der Waals surface area contributed by atoms with Crippen molar-refractivity contribution in [2.75, 3.05) is 5.43 Å². The molecule has 0 bridgehead atoms. The summed E-state index contributed by atoms with van der Waals surface area (Å²) in [7, 11) is 0. The molecule has 0 fully saturated rings. The highest BCUT2D eigenvalue weighted by Crippen LogP contribution is 2.36. The molecule has 0 saturated carbocycles. The predicted molar refractivity (Wildman–Crippen MR) is 83.0 cm³/mol. The normalized spacial score (nSPS) is 13.4. The zero-order chi connectivity index (χ0) is 13.4. The van der Waals surface area contributed by atoms with Crippen LogP contribution in [0.1, 0.15) is 11.3 Å². The molecule has 1 aliphatic rings. The van der Waals surface area contributed by atoms with E-state index in [1.54, 1.807) is 11.8 Å². The number of hydrazine groups is 1. The SMILES string of the molecule is NNc1nc(-c2cc(Br)ccc2Cl)nc2c1CSC2. The van der Waals surface area contributed by atoms with Crippen molar-refractivity contribution >= 4 is 45.1 Å². The molecule has 0 spiro atoms. The lowest BCUT2D eigenvalue weighted by molar-refractivity contribution is 1.06. The van der Waals surface area contributed by atoms with Crippen LogP contribution < -0.4 is 11.3 Å². The third-order valence-corrected chi connectivity index (χ3v) is 4.68. The Morgan fingerprint density at radius 2 is 2.16 bits per heavy atom. The quantitative estimate of drug-likeness (QED) is 0.635. The zero-order valence-electron chi connectivity index (χ0n) is 9.78. The highest BCUT2D eigenvalue weighted by Gasteiger charge is 2.20. The summed E-state index contributed by atoms with van der Waals surface area (Å²) in [5.41, 5.74) is 5.56. The summed E-state index contributed by atoms with van der Waals surface area (Å²) in [6, 6.07) is 5.62. The maximum atomic E-state index is 6.22. The summed E-state index contributed by atoms with van der Waals surface area (Å²) in [6.45, 7) is 0. The molecule has 0 amide bonds. The van der Waals surface area contributed by atoms with E-state index in [1.165, 1.54) is 0 Å². The summed E-state index contributed by atoms with van der Waals surface area (Å²) in [5.74, 6) is 8.60. The van der Waals surface area contributed by atoms with E-state index in [-0.39, 0.29) is 0 Å². The number of thioether (sulfide) groups is 1. The number of nitrogens with two attached hydrogens (primary N) is 1. The van der Waals surface area contributed by atoms with Crippen molar-refractivity contribution in [3.63, 3.8) is 0 Å². The lowest BCUT2D eigenvalue weighted by Gasteiger charge is -2.10. The maximum absolute atomic E-state index is 6.22. The molecule has 98 valence electrons. The van der Waals surface area contributed by atoms with Crippen LogP contribution in [0.3, 0.4) is 0 Å². The molecule has 1 aliphatic heterocycles. The van der Waals surface area contributed by atoms with Crippen LogP contribution in [0.25, 0.3) is 11.4 Å². The van der Waals surface area contributed by atoms with E-state index < -0.39 is 0 Å². The first-order chi connectivity index (χ1) is 9.19. The van der Waals surface area contributed by atoms with Crippen LogP contribution in [0.15, 0.2) is 22.7 Å². The number of nitrogens with zero attached hydrogens (tertiary/aromatic N) is 2. The van der Waals surface area contributed by atoms with Crippen LogP contribution in [-0.2, 0) is 11.5 Å². The lowest BCUT2D eigenvalue weighted by Crippen LogP contribution is -2.12. The van der Waals surface area contributed by atoms with Crippen LogP contribution in [-0.4, -0.2) is 9.97 Å². The Morgan fingerprint density at radius 1 is 1.32 bits per heavy atom. The van der Waals surface area contributed by atoms with Gasteiger partial charge in [-0.05, 0) is 18.2 Å². The van der Waals surface area contributed by atoms with Crippen molar-refractivity contribution in [1.82, 2.24) is 9.97 Å². The minimum Gasteiger partial charge on any atom is -0.308 e. The fraction of sp³-hybridized carbons (Fsp3) is 0.167. The van der Waals surface area contributed by atoms with Crippen LogP contribution >= 0.6 is 39.3 Å². The molecule has 7 heteroatoms. The zero-order valence-corrected chi connectivity index (χ0v) is 12.9. The number of benzene rings is 1. The molecule has 2 heterocycles. The predicted octanol–water partition coefficient (Wildman–Crippen LogP) is 3.59. The van der Waals surface area contributed by atoms with E-state index >= 15 is 0 Å². The molecule has 19 heavy (non-hydrogen) atoms. The summed E-state index contributed by atoms with van der Waals surface area (Å²) in [5, 5.41) is 0.622. The van der Waals surface area contributed by atoms with E-state index in [1.807, 2.05) is 18.2 Å². The number of hydrogen-bond donors (Lipinski definition) is 2. The Labute approximate surface area is 128 Å². The van der Waals surface area contributed by atoms with Gasteiger partial charge in [-0.15, -0.1) is 0 Å². The van der Waals surface area contributed by atoms with Gasteiger partial charge in [-0.1, -0.05) is 27.5 Å². The number of nitrogens with one attached hydrogen (secondary N) is 1. The smallest absolute Gasteiger partial charge is 0.163 e. The van der Waals surface area contributed by atoms with E-state index in [0.29, 0.717) is 16.7 Å². The molecule has 4 nitrogen and oxygen atoms in total. The molecule has 0 unspecified atom stereocenters. The van der Waals surface area contributed by atoms with E-state index in [2.05, 4.69) is 31.3 Å². The summed E-state index contributed by atoms with van der Waals surface area (Å²) in [4.78, 5) is 9.07. The van der Waals surface area contributed by atoms with Gasteiger partial charge in [0.05, 0.1) is 10.7 Å². The summed E-state index contributed by atoms with van der Waals surface area (Å²) >= 11 is 11.5. The Hall–Kier alpha value is -0.820. The van der Waals surface area contributed by atoms with Crippen LogP contribution in [0.2, 0.25) is 5.02 Å². The molecule has 0 radical (unpaired) electrons. The van der Waals surface area contributed by atoms with Crippen molar-refractivity contribution < 1.29 is 0 Å². The topological polar surface area (TPSA) is 63.8 Å². The molecular formula is C12H10BrClN4S. The van der Waals surface area contributed by atoms with Crippen LogP contribution in [0.5, 0.6) is 0 Å². The van der Waals surface area contributed by atoms with E-state index in [9.17, 15) is 0 Å². The second kappa shape index (κ2) is 5.28. The van der Waals surface area contributed by atoms with Gasteiger partial charge in [-0.25, -0.2) is 15.8 Å². The number of fused-ring (bicyclic) bond motifs is 1. The monoisotopic (exact) mass is 356 g/mol. The lowest BCUT2D eigenvalue weighted by atomic mass is 10.2.